The highest BCUT2D eigenvalue weighted by Crippen LogP contribution is 2.26. The summed E-state index contributed by atoms with van der Waals surface area (Å²) in [7, 11) is 0. The lowest BCUT2D eigenvalue weighted by atomic mass is 9.89. The smallest absolute Gasteiger partial charge is 0.0346 e. The Morgan fingerprint density at radius 2 is 1.84 bits per heavy atom. The topological polar surface area (TPSA) is 12.0 Å². The summed E-state index contributed by atoms with van der Waals surface area (Å²) >= 11 is 0. The van der Waals surface area contributed by atoms with Gasteiger partial charge in [-0.15, -0.1) is 0 Å². The molecule has 19 heavy (non-hydrogen) atoms. The maximum atomic E-state index is 3.66. The molecule has 0 aromatic heterocycles. The van der Waals surface area contributed by atoms with E-state index < -0.39 is 0 Å². The summed E-state index contributed by atoms with van der Waals surface area (Å²) < 4.78 is 0. The Labute approximate surface area is 119 Å². The molecular weight excluding hydrogens is 230 g/mol. The third kappa shape index (κ3) is 5.36. The second-order valence-corrected chi connectivity index (χ2v) is 6.14. The maximum absolute atomic E-state index is 3.66. The summed E-state index contributed by atoms with van der Waals surface area (Å²) in [4.78, 5) is 0. The van der Waals surface area contributed by atoms with E-state index in [1.54, 1.807) is 0 Å². The normalized spacial score (nSPS) is 14.6. The molecule has 108 valence electrons. The minimum Gasteiger partial charge on any atom is -0.310 e. The molecule has 0 heterocycles. The average molecular weight is 261 g/mol. The number of benzene rings is 1. The fraction of sp³-hybridized carbons (Fsp3) is 0.667. The molecule has 1 rings (SSSR count). The first-order valence-corrected chi connectivity index (χ1v) is 7.90. The van der Waals surface area contributed by atoms with Crippen molar-refractivity contribution in [3.63, 3.8) is 0 Å². The van der Waals surface area contributed by atoms with Gasteiger partial charge in [-0.25, -0.2) is 0 Å². The molecule has 0 spiro atoms. The molecule has 2 atom stereocenters. The molecule has 1 N–H and O–H groups in total. The van der Waals surface area contributed by atoms with Gasteiger partial charge in [-0.05, 0) is 42.3 Å². The zero-order valence-corrected chi connectivity index (χ0v) is 13.4. The van der Waals surface area contributed by atoms with Crippen LogP contribution in [-0.4, -0.2) is 6.54 Å². The van der Waals surface area contributed by atoms with Crippen molar-refractivity contribution in [1.82, 2.24) is 5.32 Å². The van der Waals surface area contributed by atoms with Gasteiger partial charge in [0.15, 0.2) is 0 Å². The van der Waals surface area contributed by atoms with E-state index in [1.165, 1.54) is 30.4 Å². The van der Waals surface area contributed by atoms with Crippen molar-refractivity contribution in [2.45, 2.75) is 59.9 Å². The lowest BCUT2D eigenvalue weighted by Crippen LogP contribution is -2.27. The number of hydrogen-bond donors (Lipinski definition) is 1. The summed E-state index contributed by atoms with van der Waals surface area (Å²) in [5, 5.41) is 3.66. The molecule has 0 amide bonds. The summed E-state index contributed by atoms with van der Waals surface area (Å²) in [5.74, 6) is 1.42. The van der Waals surface area contributed by atoms with E-state index in [2.05, 4.69) is 64.2 Å². The van der Waals surface area contributed by atoms with E-state index >= 15 is 0 Å². The van der Waals surface area contributed by atoms with E-state index in [0.29, 0.717) is 12.0 Å². The van der Waals surface area contributed by atoms with Crippen LogP contribution < -0.4 is 5.32 Å². The van der Waals surface area contributed by atoms with Gasteiger partial charge in [-0.1, -0.05) is 65.3 Å². The van der Waals surface area contributed by atoms with Gasteiger partial charge in [0, 0.05) is 6.04 Å². The van der Waals surface area contributed by atoms with Gasteiger partial charge >= 0.3 is 0 Å². The third-order valence-electron chi connectivity index (χ3n) is 3.69. The van der Waals surface area contributed by atoms with E-state index in [-0.39, 0.29) is 0 Å². The first kappa shape index (κ1) is 16.2. The van der Waals surface area contributed by atoms with Crippen LogP contribution >= 0.6 is 0 Å². The van der Waals surface area contributed by atoms with Crippen molar-refractivity contribution < 1.29 is 0 Å². The monoisotopic (exact) mass is 261 g/mol. The van der Waals surface area contributed by atoms with Crippen LogP contribution in [0.5, 0.6) is 0 Å². The van der Waals surface area contributed by atoms with Crippen LogP contribution in [0.1, 0.15) is 64.6 Å². The maximum Gasteiger partial charge on any atom is 0.0346 e. The molecule has 0 bridgehead atoms. The third-order valence-corrected chi connectivity index (χ3v) is 3.69. The Morgan fingerprint density at radius 1 is 1.11 bits per heavy atom. The van der Waals surface area contributed by atoms with Crippen molar-refractivity contribution in [3.8, 4) is 0 Å². The van der Waals surface area contributed by atoms with Crippen LogP contribution in [0, 0.1) is 11.8 Å². The minimum absolute atomic E-state index is 0.497. The predicted molar refractivity (Wildman–Crippen MR) is 85.5 cm³/mol. The van der Waals surface area contributed by atoms with Crippen LogP contribution in [0.4, 0.5) is 0 Å². The van der Waals surface area contributed by atoms with E-state index in [1.807, 2.05) is 0 Å². The zero-order valence-electron chi connectivity index (χ0n) is 13.4. The van der Waals surface area contributed by atoms with Gasteiger partial charge in [0.2, 0.25) is 0 Å². The minimum atomic E-state index is 0.497. The summed E-state index contributed by atoms with van der Waals surface area (Å²) in [6, 6.07) is 9.66. The largest absolute Gasteiger partial charge is 0.310 e. The second kappa shape index (κ2) is 8.37. The Hall–Kier alpha value is -0.820. The van der Waals surface area contributed by atoms with Gasteiger partial charge in [0.05, 0.1) is 0 Å². The Bertz CT molecular complexity index is 356. The number of rotatable bonds is 8. The fourth-order valence-electron chi connectivity index (χ4n) is 2.87. The molecule has 0 saturated carbocycles. The van der Waals surface area contributed by atoms with Crippen molar-refractivity contribution in [3.05, 3.63) is 35.4 Å². The van der Waals surface area contributed by atoms with Gasteiger partial charge in [0.25, 0.3) is 0 Å². The van der Waals surface area contributed by atoms with Gasteiger partial charge in [-0.3, -0.25) is 0 Å². The average Bonchev–Trinajstić information content (AvgIpc) is 2.35. The Kier molecular flexibility index (Phi) is 7.15. The highest BCUT2D eigenvalue weighted by molar-refractivity contribution is 5.27. The fourth-order valence-corrected chi connectivity index (χ4v) is 2.87. The molecule has 0 aliphatic rings. The Balaban J connectivity index is 2.88. The first-order valence-electron chi connectivity index (χ1n) is 7.90. The summed E-state index contributed by atoms with van der Waals surface area (Å²) in [6.07, 6.45) is 3.72. The van der Waals surface area contributed by atoms with Crippen LogP contribution in [0.2, 0.25) is 0 Å². The molecule has 1 heteroatoms. The number of nitrogens with one attached hydrogen (secondary N) is 1. The van der Waals surface area contributed by atoms with Crippen LogP contribution in [0.25, 0.3) is 0 Å². The molecular formula is C18H31N. The SMILES string of the molecule is CCCC(C)C(NCC)c1cccc(CC(C)C)c1. The predicted octanol–water partition coefficient (Wildman–Crippen LogP) is 4.97. The van der Waals surface area contributed by atoms with Crippen molar-refractivity contribution in [1.29, 1.82) is 0 Å². The van der Waals surface area contributed by atoms with Crippen LogP contribution in [-0.2, 0) is 6.42 Å². The van der Waals surface area contributed by atoms with Crippen LogP contribution in [0.15, 0.2) is 24.3 Å². The van der Waals surface area contributed by atoms with Crippen LogP contribution in [0.3, 0.4) is 0 Å². The Morgan fingerprint density at radius 3 is 2.42 bits per heavy atom. The van der Waals surface area contributed by atoms with E-state index in [4.69, 9.17) is 0 Å². The van der Waals surface area contributed by atoms with Gasteiger partial charge < -0.3 is 5.32 Å². The highest BCUT2D eigenvalue weighted by Gasteiger charge is 2.17. The molecule has 2 unspecified atom stereocenters. The quantitative estimate of drug-likeness (QED) is 0.696. The molecule has 0 aliphatic heterocycles. The zero-order chi connectivity index (χ0) is 14.3. The number of hydrogen-bond acceptors (Lipinski definition) is 1. The lowest BCUT2D eigenvalue weighted by molar-refractivity contribution is 0.369. The molecule has 0 saturated heterocycles. The van der Waals surface area contributed by atoms with Crippen molar-refractivity contribution >= 4 is 0 Å². The summed E-state index contributed by atoms with van der Waals surface area (Å²) in [6.45, 7) is 12.4. The second-order valence-electron chi connectivity index (χ2n) is 6.14. The first-order chi connectivity index (χ1) is 9.08. The van der Waals surface area contributed by atoms with E-state index in [0.717, 1.165) is 12.5 Å². The molecule has 1 aromatic carbocycles. The molecule has 0 aliphatic carbocycles. The van der Waals surface area contributed by atoms with Crippen molar-refractivity contribution in [2.75, 3.05) is 6.54 Å². The van der Waals surface area contributed by atoms with E-state index in [9.17, 15) is 0 Å². The van der Waals surface area contributed by atoms with Crippen molar-refractivity contribution in [2.24, 2.45) is 11.8 Å². The van der Waals surface area contributed by atoms with Gasteiger partial charge in [0.1, 0.15) is 0 Å². The molecule has 0 radical (unpaired) electrons. The standard InChI is InChI=1S/C18H31N/c1-6-9-15(5)18(19-7-2)17-11-8-10-16(13-17)12-14(3)4/h8,10-11,13-15,18-19H,6-7,9,12H2,1-5H3. The highest BCUT2D eigenvalue weighted by atomic mass is 14.9. The lowest BCUT2D eigenvalue weighted by Gasteiger charge is -2.25. The molecule has 1 aromatic rings. The summed E-state index contributed by atoms with van der Waals surface area (Å²) in [5.41, 5.74) is 2.93. The molecule has 1 nitrogen and oxygen atoms in total. The van der Waals surface area contributed by atoms with Gasteiger partial charge in [-0.2, -0.15) is 0 Å². The molecule has 0 fully saturated rings.